The van der Waals surface area contributed by atoms with E-state index in [2.05, 4.69) is 4.74 Å². The minimum absolute atomic E-state index is 0.131. The van der Waals surface area contributed by atoms with Gasteiger partial charge in [0.25, 0.3) is 11.8 Å². The first-order valence-corrected chi connectivity index (χ1v) is 12.6. The first-order chi connectivity index (χ1) is 17.3. The molecule has 1 aliphatic rings. The first-order valence-electron chi connectivity index (χ1n) is 11.1. The van der Waals surface area contributed by atoms with Crippen molar-refractivity contribution < 1.29 is 37.9 Å². The van der Waals surface area contributed by atoms with Crippen LogP contribution in [0.4, 0.5) is 4.39 Å². The van der Waals surface area contributed by atoms with Crippen molar-refractivity contribution in [1.82, 2.24) is 9.55 Å². The molecular formula is C22H26ClFN3O9P. The normalized spacial score (nSPS) is 25.6. The number of rotatable bonds is 9. The van der Waals surface area contributed by atoms with Crippen LogP contribution in [-0.2, 0) is 18.8 Å². The van der Waals surface area contributed by atoms with E-state index in [1.807, 2.05) is 4.98 Å². The zero-order valence-corrected chi connectivity index (χ0v) is 21.9. The number of hydrogen-bond acceptors (Lipinski definition) is 10. The molecule has 15 heteroatoms. The molecule has 0 radical (unpaired) electrons. The van der Waals surface area contributed by atoms with Crippen LogP contribution in [0.5, 0.6) is 5.75 Å². The number of benzene rings is 1. The highest BCUT2D eigenvalue weighted by molar-refractivity contribution is 7.33. The Balaban J connectivity index is 1.92. The number of carbonyl (C=O) groups excluding carboxylic acids is 1. The Hall–Kier alpha value is -2.67. The van der Waals surface area contributed by atoms with Crippen molar-refractivity contribution >= 4 is 25.7 Å². The van der Waals surface area contributed by atoms with Crippen LogP contribution >= 0.6 is 19.8 Å². The molecule has 0 spiro atoms. The van der Waals surface area contributed by atoms with E-state index >= 15 is 4.39 Å². The number of nitrogens with one attached hydrogen (secondary N) is 1. The molecular weight excluding hydrogens is 536 g/mol. The third-order valence-electron chi connectivity index (χ3n) is 5.25. The van der Waals surface area contributed by atoms with Gasteiger partial charge in [0.2, 0.25) is 0 Å². The van der Waals surface area contributed by atoms with Gasteiger partial charge in [-0.1, -0.05) is 16.3 Å². The summed E-state index contributed by atoms with van der Waals surface area (Å²) in [5.41, 5.74) is -4.29. The van der Waals surface area contributed by atoms with Crippen LogP contribution < -0.4 is 20.9 Å². The van der Waals surface area contributed by atoms with Gasteiger partial charge in [-0.15, -0.1) is 4.52 Å². The highest BCUT2D eigenvalue weighted by atomic mass is 35.5. The van der Waals surface area contributed by atoms with Gasteiger partial charge in [-0.3, -0.25) is 14.3 Å². The van der Waals surface area contributed by atoms with Gasteiger partial charge >= 0.3 is 19.8 Å². The molecule has 202 valence electrons. The smallest absolute Gasteiger partial charge is 0.346 e. The van der Waals surface area contributed by atoms with Gasteiger partial charge in [0.05, 0.1) is 6.10 Å². The van der Waals surface area contributed by atoms with Gasteiger partial charge < -0.3 is 24.2 Å². The van der Waals surface area contributed by atoms with Crippen molar-refractivity contribution in [2.45, 2.75) is 70.2 Å². The Kier molecular flexibility index (Phi) is 9.22. The summed E-state index contributed by atoms with van der Waals surface area (Å²) in [5.74, 6) is -0.616. The lowest BCUT2D eigenvalue weighted by Gasteiger charge is -2.25. The lowest BCUT2D eigenvalue weighted by atomic mass is 9.98. The molecule has 2 heterocycles. The van der Waals surface area contributed by atoms with E-state index in [9.17, 15) is 24.4 Å². The van der Waals surface area contributed by atoms with Crippen molar-refractivity contribution in [2.24, 2.45) is 4.74 Å². The number of aromatic nitrogens is 2. The maximum absolute atomic E-state index is 15.7. The van der Waals surface area contributed by atoms with Crippen molar-refractivity contribution in [3.8, 4) is 5.75 Å². The predicted molar refractivity (Wildman–Crippen MR) is 128 cm³/mol. The highest BCUT2D eigenvalue weighted by Crippen LogP contribution is 2.43. The number of halogens is 2. The molecule has 2 unspecified atom stereocenters. The molecule has 1 aromatic carbocycles. The van der Waals surface area contributed by atoms with Gasteiger partial charge in [-0.25, -0.2) is 14.0 Å². The molecule has 1 fully saturated rings. The molecule has 0 saturated carbocycles. The molecule has 0 aliphatic carbocycles. The monoisotopic (exact) mass is 561 g/mol. The van der Waals surface area contributed by atoms with E-state index in [4.69, 9.17) is 30.3 Å². The van der Waals surface area contributed by atoms with E-state index in [0.29, 0.717) is 5.02 Å². The van der Waals surface area contributed by atoms with Crippen molar-refractivity contribution in [3.05, 3.63) is 62.4 Å². The second-order valence-corrected chi connectivity index (χ2v) is 9.98. The second kappa shape index (κ2) is 11.8. The van der Waals surface area contributed by atoms with Crippen LogP contribution in [0.25, 0.3) is 0 Å². The lowest BCUT2D eigenvalue weighted by Crippen LogP contribution is -2.46. The Morgan fingerprint density at radius 3 is 2.54 bits per heavy atom. The number of ether oxygens (including phenoxy) is 3. The Labute approximate surface area is 216 Å². The summed E-state index contributed by atoms with van der Waals surface area (Å²) < 4.78 is 41.9. The molecule has 1 aliphatic heterocycles. The SMILES string of the molecule is CC(C)OC(=O)[C@H](C)/N=[P+](\[O-])OC(Oc1ccc(Cl)cc1)[C@@H]1O[C@@H](n2ccc(=O)[nH]c2=O)[C@](C)(F)[C@@H]1O. The van der Waals surface area contributed by atoms with E-state index in [1.54, 1.807) is 13.8 Å². The standard InChI is InChI=1S/C22H26ClFN3O9P/c1-11(2)33-18(30)12(3)26-37(32)36-19(34-14-7-5-13(23)6-8-14)16-17(29)22(4,24)20(35-16)27-10-9-15(28)25-21(27)31/h5-12,16-17,19-20,29H,1-4H3,(H,25,28,31)/t12-,16+,17+,19?,20+,22+/m0/s1. The van der Waals surface area contributed by atoms with Crippen LogP contribution in [0, 0.1) is 0 Å². The van der Waals surface area contributed by atoms with Gasteiger partial charge in [0.15, 0.2) is 24.0 Å². The van der Waals surface area contributed by atoms with Crippen LogP contribution in [0.15, 0.2) is 50.9 Å². The fourth-order valence-corrected chi connectivity index (χ4v) is 4.32. The molecule has 0 amide bonds. The highest BCUT2D eigenvalue weighted by Gasteiger charge is 2.59. The maximum Gasteiger partial charge on any atom is 0.346 e. The minimum Gasteiger partial charge on any atom is -0.583 e. The maximum atomic E-state index is 15.7. The minimum atomic E-state index is -2.97. The molecule has 2 N–H and O–H groups in total. The lowest BCUT2D eigenvalue weighted by molar-refractivity contribution is -0.206. The van der Waals surface area contributed by atoms with Crippen LogP contribution in [0.1, 0.15) is 33.9 Å². The van der Waals surface area contributed by atoms with Crippen molar-refractivity contribution in [1.29, 1.82) is 0 Å². The van der Waals surface area contributed by atoms with Gasteiger partial charge in [-0.2, -0.15) is 0 Å². The summed E-state index contributed by atoms with van der Waals surface area (Å²) in [4.78, 5) is 50.4. The average molecular weight is 562 g/mol. The number of hydrogen-bond donors (Lipinski definition) is 2. The number of alkyl halides is 1. The third-order valence-corrected chi connectivity index (χ3v) is 6.43. The zero-order chi connectivity index (χ0) is 27.5. The third kappa shape index (κ3) is 7.01. The summed E-state index contributed by atoms with van der Waals surface area (Å²) in [5, 5.41) is 11.2. The molecule has 12 nitrogen and oxygen atoms in total. The molecule has 2 aromatic rings. The summed E-state index contributed by atoms with van der Waals surface area (Å²) in [6.45, 7) is 5.59. The number of esters is 1. The fourth-order valence-electron chi connectivity index (χ4n) is 3.42. The molecule has 0 bridgehead atoms. The summed E-state index contributed by atoms with van der Waals surface area (Å²) in [6, 6.07) is 5.64. The molecule has 1 aromatic heterocycles. The van der Waals surface area contributed by atoms with Crippen molar-refractivity contribution in [2.75, 3.05) is 0 Å². The van der Waals surface area contributed by atoms with Crippen LogP contribution in [0.2, 0.25) is 5.02 Å². The van der Waals surface area contributed by atoms with E-state index in [0.717, 1.165) is 23.8 Å². The average Bonchev–Trinajstić information content (AvgIpc) is 3.03. The topological polar surface area (TPSA) is 164 Å². The van der Waals surface area contributed by atoms with Gasteiger partial charge in [0.1, 0.15) is 11.9 Å². The fraction of sp³-hybridized carbons (Fsp3) is 0.500. The first kappa shape index (κ1) is 28.9. The molecule has 37 heavy (non-hydrogen) atoms. The van der Waals surface area contributed by atoms with Gasteiger partial charge in [0, 0.05) is 17.3 Å². The van der Waals surface area contributed by atoms with E-state index in [1.165, 1.54) is 31.2 Å². The van der Waals surface area contributed by atoms with Crippen molar-refractivity contribution in [3.63, 3.8) is 0 Å². The molecule has 3 rings (SSSR count). The predicted octanol–water partition coefficient (Wildman–Crippen LogP) is 1.79. The number of nitrogens with zero attached hydrogens (tertiary/aromatic N) is 2. The molecule has 1 saturated heterocycles. The van der Waals surface area contributed by atoms with Crippen LogP contribution in [0.3, 0.4) is 0 Å². The van der Waals surface area contributed by atoms with Gasteiger partial charge in [-0.05, 0) is 52.0 Å². The summed E-state index contributed by atoms with van der Waals surface area (Å²) in [7, 11) is -2.97. The number of H-pyrrole nitrogens is 1. The largest absolute Gasteiger partial charge is 0.583 e. The summed E-state index contributed by atoms with van der Waals surface area (Å²) in [6.07, 6.45) is -6.46. The Morgan fingerprint density at radius 1 is 1.30 bits per heavy atom. The quantitative estimate of drug-likeness (QED) is 0.264. The number of carbonyl (C=O) groups is 1. The number of aliphatic hydroxyl groups is 1. The van der Waals surface area contributed by atoms with E-state index in [-0.39, 0.29) is 5.75 Å². The van der Waals surface area contributed by atoms with Crippen LogP contribution in [-0.4, -0.2) is 56.9 Å². The number of aromatic amines is 1. The Bertz CT molecular complexity index is 1250. The molecule has 7 atom stereocenters. The summed E-state index contributed by atoms with van der Waals surface area (Å²) >= 11 is 5.89. The number of aliphatic hydroxyl groups excluding tert-OH is 1. The second-order valence-electron chi connectivity index (χ2n) is 8.63. The Morgan fingerprint density at radius 2 is 1.95 bits per heavy atom. The van der Waals surface area contributed by atoms with E-state index < -0.39 is 67.9 Å². The zero-order valence-electron chi connectivity index (χ0n) is 20.2.